The molecule has 4 aromatic rings. The molecular formula is C26H21ClN4O3S. The van der Waals surface area contributed by atoms with Crippen molar-refractivity contribution < 1.29 is 14.4 Å². The molecule has 2 unspecified atom stereocenters. The van der Waals surface area contributed by atoms with Gasteiger partial charge in [-0.2, -0.15) is 0 Å². The summed E-state index contributed by atoms with van der Waals surface area (Å²) in [6.07, 6.45) is 0. The summed E-state index contributed by atoms with van der Waals surface area (Å²) >= 11 is 8.52. The number of amides is 3. The van der Waals surface area contributed by atoms with Gasteiger partial charge >= 0.3 is 0 Å². The van der Waals surface area contributed by atoms with E-state index in [9.17, 15) is 14.4 Å². The summed E-state index contributed by atoms with van der Waals surface area (Å²) in [6, 6.07) is 24.2. The molecule has 0 bridgehead atoms. The van der Waals surface area contributed by atoms with Crippen molar-refractivity contribution in [2.45, 2.75) is 15.1 Å². The first-order chi connectivity index (χ1) is 16.9. The second-order valence-electron chi connectivity index (χ2n) is 8.15. The van der Waals surface area contributed by atoms with Gasteiger partial charge in [-0.25, -0.2) is 0 Å². The molecule has 3 aromatic carbocycles. The fourth-order valence-corrected chi connectivity index (χ4v) is 5.99. The number of alkyl halides is 1. The van der Waals surface area contributed by atoms with Crippen LogP contribution >= 0.6 is 23.4 Å². The predicted octanol–water partition coefficient (Wildman–Crippen LogP) is 3.98. The van der Waals surface area contributed by atoms with Crippen LogP contribution in [-0.4, -0.2) is 35.3 Å². The lowest BCUT2D eigenvalue weighted by atomic mass is 10.0. The maximum absolute atomic E-state index is 14.0. The topological polar surface area (TPSA) is 108 Å². The van der Waals surface area contributed by atoms with Crippen LogP contribution in [0.1, 0.15) is 16.1 Å². The molecule has 0 radical (unpaired) electrons. The van der Waals surface area contributed by atoms with Crippen molar-refractivity contribution in [3.8, 4) is 0 Å². The Kier molecular flexibility index (Phi) is 6.00. The SMILES string of the molecule is NC(=O)CN1C(=O)C(NC(=O)c2cc3ccccc3[nH]2)C(Cl)(c2ccccc2)Sc2ccccc21. The van der Waals surface area contributed by atoms with Crippen molar-refractivity contribution in [1.82, 2.24) is 10.3 Å². The Morgan fingerprint density at radius 2 is 1.71 bits per heavy atom. The van der Waals surface area contributed by atoms with Crippen LogP contribution in [0.4, 0.5) is 5.69 Å². The largest absolute Gasteiger partial charge is 0.368 e. The van der Waals surface area contributed by atoms with Crippen molar-refractivity contribution in [2.24, 2.45) is 5.73 Å². The highest BCUT2D eigenvalue weighted by atomic mass is 35.5. The minimum absolute atomic E-state index is 0.291. The van der Waals surface area contributed by atoms with Crippen LogP contribution in [0, 0.1) is 0 Å². The second-order valence-corrected chi connectivity index (χ2v) is 10.3. The van der Waals surface area contributed by atoms with Crippen molar-refractivity contribution >= 4 is 57.7 Å². The first kappa shape index (κ1) is 23.0. The van der Waals surface area contributed by atoms with Gasteiger partial charge in [-0.3, -0.25) is 14.4 Å². The Balaban J connectivity index is 1.62. The molecule has 3 amide bonds. The number of nitrogens with two attached hydrogens (primary N) is 1. The van der Waals surface area contributed by atoms with Crippen LogP contribution in [0.3, 0.4) is 0 Å². The van der Waals surface area contributed by atoms with Gasteiger partial charge in [0, 0.05) is 15.8 Å². The van der Waals surface area contributed by atoms with Crippen LogP contribution in [0.25, 0.3) is 10.9 Å². The summed E-state index contributed by atoms with van der Waals surface area (Å²) in [5, 5.41) is 3.71. The van der Waals surface area contributed by atoms with E-state index in [4.69, 9.17) is 17.3 Å². The lowest BCUT2D eigenvalue weighted by Gasteiger charge is -2.34. The first-order valence-electron chi connectivity index (χ1n) is 10.9. The fourth-order valence-electron chi connectivity index (χ4n) is 4.19. The fraction of sp³-hybridized carbons (Fsp3) is 0.115. The van der Waals surface area contributed by atoms with Crippen LogP contribution in [0.5, 0.6) is 0 Å². The van der Waals surface area contributed by atoms with Gasteiger partial charge in [0.15, 0.2) is 0 Å². The molecule has 1 aliphatic heterocycles. The predicted molar refractivity (Wildman–Crippen MR) is 137 cm³/mol. The van der Waals surface area contributed by atoms with E-state index in [0.29, 0.717) is 21.8 Å². The van der Waals surface area contributed by atoms with Gasteiger partial charge in [-0.05, 0) is 29.8 Å². The van der Waals surface area contributed by atoms with Gasteiger partial charge in [0.25, 0.3) is 11.8 Å². The molecule has 0 saturated heterocycles. The average Bonchev–Trinajstić information content (AvgIpc) is 3.28. The van der Waals surface area contributed by atoms with Gasteiger partial charge in [-0.1, -0.05) is 84.0 Å². The van der Waals surface area contributed by atoms with Crippen molar-refractivity contribution in [1.29, 1.82) is 0 Å². The van der Waals surface area contributed by atoms with Crippen molar-refractivity contribution in [3.05, 3.63) is 96.2 Å². The number of anilines is 1. The summed E-state index contributed by atoms with van der Waals surface area (Å²) in [6.45, 7) is -0.350. The van der Waals surface area contributed by atoms with Gasteiger partial charge in [0.05, 0.1) is 5.69 Å². The number of rotatable bonds is 5. The van der Waals surface area contributed by atoms with Crippen LogP contribution in [0.15, 0.2) is 89.8 Å². The van der Waals surface area contributed by atoms with Gasteiger partial charge in [0.2, 0.25) is 5.91 Å². The molecule has 0 saturated carbocycles. The van der Waals surface area contributed by atoms with E-state index in [-0.39, 0.29) is 6.54 Å². The molecule has 1 aromatic heterocycles. The van der Waals surface area contributed by atoms with E-state index >= 15 is 0 Å². The number of aromatic amines is 1. The second kappa shape index (κ2) is 9.13. The lowest BCUT2D eigenvalue weighted by molar-refractivity contribution is -0.123. The molecule has 1 aliphatic rings. The molecule has 5 rings (SSSR count). The number of para-hydroxylation sites is 2. The zero-order valence-electron chi connectivity index (χ0n) is 18.4. The van der Waals surface area contributed by atoms with Crippen LogP contribution in [-0.2, 0) is 13.8 Å². The summed E-state index contributed by atoms with van der Waals surface area (Å²) in [5.74, 6) is -1.71. The zero-order chi connectivity index (χ0) is 24.6. The molecule has 35 heavy (non-hydrogen) atoms. The highest BCUT2D eigenvalue weighted by molar-refractivity contribution is 8.01. The molecule has 7 nitrogen and oxygen atoms in total. The summed E-state index contributed by atoms with van der Waals surface area (Å²) in [5.41, 5.74) is 7.71. The van der Waals surface area contributed by atoms with E-state index in [1.165, 1.54) is 16.7 Å². The molecule has 2 heterocycles. The number of hydrogen-bond acceptors (Lipinski definition) is 4. The third-order valence-corrected chi connectivity index (χ3v) is 7.83. The average molecular weight is 505 g/mol. The molecule has 0 spiro atoms. The Hall–Kier alpha value is -3.75. The number of thioether (sulfide) groups is 1. The third-order valence-electron chi connectivity index (χ3n) is 5.83. The highest BCUT2D eigenvalue weighted by Crippen LogP contribution is 2.52. The number of fused-ring (bicyclic) bond motifs is 2. The number of carbonyl (C=O) groups excluding carboxylic acids is 3. The maximum atomic E-state index is 14.0. The number of nitrogens with one attached hydrogen (secondary N) is 2. The monoisotopic (exact) mass is 504 g/mol. The quantitative estimate of drug-likeness (QED) is 0.357. The maximum Gasteiger partial charge on any atom is 0.268 e. The summed E-state index contributed by atoms with van der Waals surface area (Å²) < 4.78 is -1.40. The Bertz CT molecular complexity index is 1410. The number of carbonyl (C=O) groups is 3. The van der Waals surface area contributed by atoms with Gasteiger partial charge in [-0.15, -0.1) is 0 Å². The van der Waals surface area contributed by atoms with E-state index in [0.717, 1.165) is 10.9 Å². The van der Waals surface area contributed by atoms with Gasteiger partial charge in [0.1, 0.15) is 22.5 Å². The molecule has 2 atom stereocenters. The Morgan fingerprint density at radius 3 is 2.46 bits per heavy atom. The minimum Gasteiger partial charge on any atom is -0.368 e. The number of H-pyrrole nitrogens is 1. The van der Waals surface area contributed by atoms with Crippen LogP contribution < -0.4 is 16.0 Å². The Labute approximate surface area is 210 Å². The number of nitrogens with zero attached hydrogens (tertiary/aromatic N) is 1. The van der Waals surface area contributed by atoms with Crippen molar-refractivity contribution in [3.63, 3.8) is 0 Å². The standard InChI is InChI=1S/C26H21ClN4O3S/c27-26(17-9-2-1-3-10-17)23(30-24(33)19-14-16-8-4-5-11-18(16)29-19)25(34)31(15-22(28)32)20-12-6-7-13-21(20)35-26/h1-14,23,29H,15H2,(H2,28,32)(H,30,33). The lowest BCUT2D eigenvalue weighted by Crippen LogP contribution is -2.56. The number of halogens is 1. The number of aromatic nitrogens is 1. The highest BCUT2D eigenvalue weighted by Gasteiger charge is 2.50. The van der Waals surface area contributed by atoms with Gasteiger partial charge < -0.3 is 20.9 Å². The number of hydrogen-bond donors (Lipinski definition) is 3. The van der Waals surface area contributed by atoms with Crippen molar-refractivity contribution in [2.75, 3.05) is 11.4 Å². The summed E-state index contributed by atoms with van der Waals surface area (Å²) in [7, 11) is 0. The molecule has 176 valence electrons. The smallest absolute Gasteiger partial charge is 0.268 e. The number of benzene rings is 3. The summed E-state index contributed by atoms with van der Waals surface area (Å²) in [4.78, 5) is 44.3. The molecular weight excluding hydrogens is 484 g/mol. The molecule has 0 aliphatic carbocycles. The van der Waals surface area contributed by atoms with E-state index < -0.39 is 28.0 Å². The Morgan fingerprint density at radius 1 is 1.03 bits per heavy atom. The van der Waals surface area contributed by atoms with E-state index in [1.54, 1.807) is 18.2 Å². The first-order valence-corrected chi connectivity index (χ1v) is 12.1. The van der Waals surface area contributed by atoms with E-state index in [2.05, 4.69) is 10.3 Å². The zero-order valence-corrected chi connectivity index (χ0v) is 20.0. The van der Waals surface area contributed by atoms with E-state index in [1.807, 2.05) is 66.7 Å². The molecule has 0 fully saturated rings. The molecule has 9 heteroatoms. The third kappa shape index (κ3) is 4.26. The normalized spacial score (nSPS) is 19.7. The van der Waals surface area contributed by atoms with Crippen LogP contribution in [0.2, 0.25) is 0 Å². The molecule has 4 N–H and O–H groups in total. The number of primary amides is 1. The minimum atomic E-state index is -1.40.